The van der Waals surface area contributed by atoms with E-state index >= 15 is 0 Å². The van der Waals surface area contributed by atoms with E-state index < -0.39 is 0 Å². The summed E-state index contributed by atoms with van der Waals surface area (Å²) in [6.45, 7) is 5.45. The summed E-state index contributed by atoms with van der Waals surface area (Å²) in [6, 6.07) is 3.78. The fourth-order valence-electron chi connectivity index (χ4n) is 2.44. The van der Waals surface area contributed by atoms with Crippen LogP contribution in [0.3, 0.4) is 0 Å². The highest BCUT2D eigenvalue weighted by Crippen LogP contribution is 2.25. The van der Waals surface area contributed by atoms with Gasteiger partial charge in [0.15, 0.2) is 5.76 Å². The van der Waals surface area contributed by atoms with E-state index in [1.165, 1.54) is 0 Å². The van der Waals surface area contributed by atoms with Crippen LogP contribution in [0.15, 0.2) is 16.5 Å². The molecule has 2 unspecified atom stereocenters. The number of furan rings is 1. The van der Waals surface area contributed by atoms with Gasteiger partial charge in [0.1, 0.15) is 5.76 Å². The maximum atomic E-state index is 12.3. The number of likely N-dealkylation sites (tertiary alicyclic amines) is 1. The van der Waals surface area contributed by atoms with Gasteiger partial charge in [-0.1, -0.05) is 13.8 Å². The second-order valence-corrected chi connectivity index (χ2v) is 4.69. The quantitative estimate of drug-likeness (QED) is 0.868. The molecule has 1 aromatic heterocycles. The molecular weight excluding hydrogens is 216 g/mol. The highest BCUT2D eigenvalue weighted by atomic mass is 16.4. The van der Waals surface area contributed by atoms with Gasteiger partial charge in [-0.05, 0) is 24.5 Å². The summed E-state index contributed by atoms with van der Waals surface area (Å²) in [7, 11) is 0. The predicted molar refractivity (Wildman–Crippen MR) is 65.7 cm³/mol. The van der Waals surface area contributed by atoms with Crippen LogP contribution < -0.4 is 5.73 Å². The highest BCUT2D eigenvalue weighted by molar-refractivity contribution is 5.92. The third-order valence-corrected chi connectivity index (χ3v) is 3.61. The van der Waals surface area contributed by atoms with Crippen LogP contribution in [0, 0.1) is 5.92 Å². The molecule has 1 aromatic rings. The van der Waals surface area contributed by atoms with Crippen molar-refractivity contribution >= 4 is 5.91 Å². The van der Waals surface area contributed by atoms with Crippen molar-refractivity contribution in [2.24, 2.45) is 11.7 Å². The minimum atomic E-state index is -0.0236. The van der Waals surface area contributed by atoms with E-state index in [-0.39, 0.29) is 11.9 Å². The van der Waals surface area contributed by atoms with E-state index in [4.69, 9.17) is 10.2 Å². The van der Waals surface area contributed by atoms with Gasteiger partial charge in [-0.3, -0.25) is 4.79 Å². The van der Waals surface area contributed by atoms with Gasteiger partial charge in [0.25, 0.3) is 5.91 Å². The zero-order valence-corrected chi connectivity index (χ0v) is 10.5. The Balaban J connectivity index is 2.14. The van der Waals surface area contributed by atoms with Crippen LogP contribution in [0.2, 0.25) is 0 Å². The topological polar surface area (TPSA) is 59.5 Å². The van der Waals surface area contributed by atoms with Crippen molar-refractivity contribution in [3.8, 4) is 0 Å². The first-order valence-electron chi connectivity index (χ1n) is 6.27. The largest absolute Gasteiger partial charge is 0.456 e. The Kier molecular flexibility index (Phi) is 3.52. The molecule has 2 N–H and O–H groups in total. The number of carbonyl (C=O) groups is 1. The monoisotopic (exact) mass is 236 g/mol. The van der Waals surface area contributed by atoms with Crippen molar-refractivity contribution in [1.29, 1.82) is 0 Å². The average molecular weight is 236 g/mol. The van der Waals surface area contributed by atoms with Crippen LogP contribution >= 0.6 is 0 Å². The summed E-state index contributed by atoms with van der Waals surface area (Å²) in [6.07, 6.45) is 1.83. The molecule has 0 aromatic carbocycles. The molecule has 1 fully saturated rings. The fourth-order valence-corrected chi connectivity index (χ4v) is 2.44. The summed E-state index contributed by atoms with van der Waals surface area (Å²) >= 11 is 0. The molecule has 0 spiro atoms. The molecule has 2 atom stereocenters. The van der Waals surface area contributed by atoms with E-state index in [0.717, 1.165) is 25.1 Å². The Morgan fingerprint density at radius 3 is 2.94 bits per heavy atom. The molecule has 94 valence electrons. The molecule has 4 heteroatoms. The molecule has 1 saturated heterocycles. The fraction of sp³-hybridized carbons (Fsp3) is 0.615. The van der Waals surface area contributed by atoms with Crippen molar-refractivity contribution in [2.75, 3.05) is 13.1 Å². The Bertz CT molecular complexity index is 400. The maximum absolute atomic E-state index is 12.3. The molecule has 0 bridgehead atoms. The Hall–Kier alpha value is -1.29. The predicted octanol–water partition coefficient (Wildman–Crippen LogP) is 1.65. The molecular formula is C13H20N2O2. The van der Waals surface area contributed by atoms with Gasteiger partial charge in [-0.2, -0.15) is 0 Å². The third-order valence-electron chi connectivity index (χ3n) is 3.61. The molecule has 2 heterocycles. The number of amides is 1. The number of carbonyl (C=O) groups excluding carboxylic acids is 1. The summed E-state index contributed by atoms with van der Waals surface area (Å²) in [4.78, 5) is 14.1. The van der Waals surface area contributed by atoms with Crippen molar-refractivity contribution in [2.45, 2.75) is 32.7 Å². The second-order valence-electron chi connectivity index (χ2n) is 4.69. The summed E-state index contributed by atoms with van der Waals surface area (Å²) in [5.41, 5.74) is 5.74. The molecule has 17 heavy (non-hydrogen) atoms. The van der Waals surface area contributed by atoms with Crippen LogP contribution in [0.5, 0.6) is 0 Å². The van der Waals surface area contributed by atoms with Crippen LogP contribution in [0.25, 0.3) is 0 Å². The van der Waals surface area contributed by atoms with E-state index in [1.54, 1.807) is 6.07 Å². The molecule has 1 aliphatic rings. The average Bonchev–Trinajstić information content (AvgIpc) is 2.94. The Morgan fingerprint density at radius 2 is 2.35 bits per heavy atom. The SMILES string of the molecule is CCc1ccc(C(=O)N2CCC(C)C2CN)o1. The third kappa shape index (κ3) is 2.22. The summed E-state index contributed by atoms with van der Waals surface area (Å²) < 4.78 is 5.50. The lowest BCUT2D eigenvalue weighted by molar-refractivity contribution is 0.0693. The lowest BCUT2D eigenvalue weighted by Gasteiger charge is -2.24. The van der Waals surface area contributed by atoms with E-state index in [0.29, 0.717) is 18.2 Å². The van der Waals surface area contributed by atoms with Crippen molar-refractivity contribution < 1.29 is 9.21 Å². The van der Waals surface area contributed by atoms with E-state index in [2.05, 4.69) is 6.92 Å². The molecule has 0 saturated carbocycles. The van der Waals surface area contributed by atoms with Crippen LogP contribution in [0.4, 0.5) is 0 Å². The van der Waals surface area contributed by atoms with Gasteiger partial charge < -0.3 is 15.1 Å². The van der Waals surface area contributed by atoms with Crippen LogP contribution in [0.1, 0.15) is 36.6 Å². The number of rotatable bonds is 3. The van der Waals surface area contributed by atoms with Gasteiger partial charge in [0, 0.05) is 25.6 Å². The van der Waals surface area contributed by atoms with Gasteiger partial charge in [-0.25, -0.2) is 0 Å². The zero-order valence-electron chi connectivity index (χ0n) is 10.5. The molecule has 1 aliphatic heterocycles. The van der Waals surface area contributed by atoms with E-state index in [9.17, 15) is 4.79 Å². The Morgan fingerprint density at radius 1 is 1.59 bits per heavy atom. The number of aryl methyl sites for hydroxylation is 1. The van der Waals surface area contributed by atoms with Gasteiger partial charge >= 0.3 is 0 Å². The summed E-state index contributed by atoms with van der Waals surface area (Å²) in [5, 5.41) is 0. The number of nitrogens with zero attached hydrogens (tertiary/aromatic N) is 1. The maximum Gasteiger partial charge on any atom is 0.289 e. The molecule has 0 aliphatic carbocycles. The Labute approximate surface area is 102 Å². The summed E-state index contributed by atoms with van der Waals surface area (Å²) in [5.74, 6) is 1.74. The smallest absolute Gasteiger partial charge is 0.289 e. The molecule has 0 radical (unpaired) electrons. The standard InChI is InChI=1S/C13H20N2O2/c1-3-10-4-5-12(17-10)13(16)15-7-6-9(2)11(15)8-14/h4-5,9,11H,3,6-8,14H2,1-2H3. The van der Waals surface area contributed by atoms with Crippen LogP contribution in [-0.2, 0) is 6.42 Å². The highest BCUT2D eigenvalue weighted by Gasteiger charge is 2.34. The second kappa shape index (κ2) is 4.92. The van der Waals surface area contributed by atoms with Crippen molar-refractivity contribution in [3.63, 3.8) is 0 Å². The first kappa shape index (κ1) is 12.2. The molecule has 1 amide bonds. The first-order valence-corrected chi connectivity index (χ1v) is 6.27. The normalized spacial score (nSPS) is 24.3. The number of nitrogens with two attached hydrogens (primary N) is 1. The zero-order chi connectivity index (χ0) is 12.4. The van der Waals surface area contributed by atoms with Gasteiger partial charge in [-0.15, -0.1) is 0 Å². The van der Waals surface area contributed by atoms with E-state index in [1.807, 2.05) is 17.9 Å². The van der Waals surface area contributed by atoms with Gasteiger partial charge in [0.2, 0.25) is 0 Å². The lowest BCUT2D eigenvalue weighted by Crippen LogP contribution is -2.42. The van der Waals surface area contributed by atoms with Crippen LogP contribution in [-0.4, -0.2) is 29.9 Å². The van der Waals surface area contributed by atoms with Gasteiger partial charge in [0.05, 0.1) is 0 Å². The minimum Gasteiger partial charge on any atom is -0.456 e. The minimum absolute atomic E-state index is 0.0236. The van der Waals surface area contributed by atoms with Crippen molar-refractivity contribution in [1.82, 2.24) is 4.90 Å². The lowest BCUT2D eigenvalue weighted by atomic mass is 10.0. The molecule has 4 nitrogen and oxygen atoms in total. The molecule has 2 rings (SSSR count). The number of hydrogen-bond acceptors (Lipinski definition) is 3. The first-order chi connectivity index (χ1) is 8.17. The van der Waals surface area contributed by atoms with Crippen molar-refractivity contribution in [3.05, 3.63) is 23.7 Å². The number of hydrogen-bond donors (Lipinski definition) is 1.